The van der Waals surface area contributed by atoms with Crippen LogP contribution in [-0.4, -0.2) is 37.7 Å². The van der Waals surface area contributed by atoms with Crippen LogP contribution < -0.4 is 16.4 Å². The van der Waals surface area contributed by atoms with Crippen LogP contribution in [0.2, 0.25) is 0 Å². The molecule has 1 unspecified atom stereocenters. The normalized spacial score (nSPS) is 11.2. The first-order chi connectivity index (χ1) is 7.07. The lowest BCUT2D eigenvalue weighted by Gasteiger charge is -2.12. The van der Waals surface area contributed by atoms with Crippen LogP contribution in [0.3, 0.4) is 0 Å². The lowest BCUT2D eigenvalue weighted by atomic mass is 10.3. The Bertz CT molecular complexity index is 260. The number of nitrogens with one attached hydrogen (secondary N) is 2. The molecular weight excluding hydrogens is 198 g/mol. The maximum atomic E-state index is 11.2. The van der Waals surface area contributed by atoms with Crippen molar-refractivity contribution in [3.05, 3.63) is 0 Å². The van der Waals surface area contributed by atoms with Gasteiger partial charge in [0, 0.05) is 6.54 Å². The largest absolute Gasteiger partial charge is 0.448 e. The summed E-state index contributed by atoms with van der Waals surface area (Å²) in [6.45, 7) is 2.36. The highest BCUT2D eigenvalue weighted by Gasteiger charge is 2.10. The lowest BCUT2D eigenvalue weighted by molar-refractivity contribution is -0.122. The van der Waals surface area contributed by atoms with Gasteiger partial charge in [0.05, 0.1) is 12.6 Å². The first-order valence-corrected chi connectivity index (χ1v) is 4.44. The van der Waals surface area contributed by atoms with Crippen LogP contribution >= 0.6 is 0 Å². The number of rotatable bonds is 6. The Morgan fingerprint density at radius 3 is 2.80 bits per heavy atom. The minimum Gasteiger partial charge on any atom is -0.448 e. The molecule has 6 nitrogen and oxygen atoms in total. The second kappa shape index (κ2) is 7.64. The fourth-order valence-corrected chi connectivity index (χ4v) is 0.811. The van der Waals surface area contributed by atoms with Crippen LogP contribution in [0.5, 0.6) is 0 Å². The molecule has 2 amide bonds. The first kappa shape index (κ1) is 13.3. The summed E-state index contributed by atoms with van der Waals surface area (Å²) in [6, 6.07) is -0.394. The van der Waals surface area contributed by atoms with Crippen molar-refractivity contribution in [1.29, 1.82) is 0 Å². The lowest BCUT2D eigenvalue weighted by Crippen LogP contribution is -2.43. The van der Waals surface area contributed by atoms with E-state index in [2.05, 4.69) is 21.3 Å². The fourth-order valence-electron chi connectivity index (χ4n) is 0.811. The molecule has 0 bridgehead atoms. The average Bonchev–Trinajstić information content (AvgIpc) is 2.20. The monoisotopic (exact) mass is 213 g/mol. The van der Waals surface area contributed by atoms with Gasteiger partial charge in [-0.1, -0.05) is 5.92 Å². The van der Waals surface area contributed by atoms with E-state index in [0.717, 1.165) is 0 Å². The second-order valence-corrected chi connectivity index (χ2v) is 2.77. The molecule has 0 fully saturated rings. The Balaban J connectivity index is 3.56. The van der Waals surface area contributed by atoms with Crippen LogP contribution in [0.4, 0.5) is 4.79 Å². The number of amides is 2. The number of ether oxygens (including phenoxy) is 1. The SMILES string of the molecule is C#CCNC(=O)C(C)NCCOC(N)=O. The molecule has 0 radical (unpaired) electrons. The van der Waals surface area contributed by atoms with Gasteiger partial charge in [0.25, 0.3) is 0 Å². The Hall–Kier alpha value is -1.74. The van der Waals surface area contributed by atoms with Crippen molar-refractivity contribution in [1.82, 2.24) is 10.6 Å². The third-order valence-corrected chi connectivity index (χ3v) is 1.55. The van der Waals surface area contributed by atoms with Gasteiger partial charge in [-0.25, -0.2) is 4.79 Å². The maximum Gasteiger partial charge on any atom is 0.404 e. The van der Waals surface area contributed by atoms with Crippen LogP contribution in [0.25, 0.3) is 0 Å². The van der Waals surface area contributed by atoms with E-state index in [1.165, 1.54) is 0 Å². The number of carbonyl (C=O) groups is 2. The van der Waals surface area contributed by atoms with Crippen molar-refractivity contribution in [3.63, 3.8) is 0 Å². The molecule has 0 rings (SSSR count). The standard InChI is InChI=1S/C9H15N3O3/c1-3-4-12-8(13)7(2)11-5-6-15-9(10)14/h1,7,11H,4-6H2,2H3,(H2,10,14)(H,12,13). The third-order valence-electron chi connectivity index (χ3n) is 1.55. The van der Waals surface area contributed by atoms with Crippen LogP contribution in [-0.2, 0) is 9.53 Å². The molecule has 0 aliphatic carbocycles. The molecule has 84 valence electrons. The van der Waals surface area contributed by atoms with Crippen LogP contribution in [0.1, 0.15) is 6.92 Å². The highest BCUT2D eigenvalue weighted by atomic mass is 16.5. The van der Waals surface area contributed by atoms with Gasteiger partial charge in [-0.05, 0) is 6.92 Å². The molecule has 6 heteroatoms. The summed E-state index contributed by atoms with van der Waals surface area (Å²) in [4.78, 5) is 21.4. The zero-order chi connectivity index (χ0) is 11.7. The molecule has 0 aliphatic rings. The molecule has 15 heavy (non-hydrogen) atoms. The summed E-state index contributed by atoms with van der Waals surface area (Å²) >= 11 is 0. The van der Waals surface area contributed by atoms with Gasteiger partial charge in [0.2, 0.25) is 5.91 Å². The number of primary amides is 1. The second-order valence-electron chi connectivity index (χ2n) is 2.77. The number of terminal acetylenes is 1. The Kier molecular flexibility index (Phi) is 6.76. The zero-order valence-corrected chi connectivity index (χ0v) is 8.58. The van der Waals surface area contributed by atoms with Crippen molar-refractivity contribution >= 4 is 12.0 Å². The highest BCUT2D eigenvalue weighted by molar-refractivity contribution is 5.81. The first-order valence-electron chi connectivity index (χ1n) is 4.44. The predicted octanol–water partition coefficient (Wildman–Crippen LogP) is -1.19. The minimum absolute atomic E-state index is 0.127. The van der Waals surface area contributed by atoms with Gasteiger partial charge in [0.15, 0.2) is 0 Å². The van der Waals surface area contributed by atoms with Crippen molar-refractivity contribution in [2.75, 3.05) is 19.7 Å². The van der Waals surface area contributed by atoms with Gasteiger partial charge in [-0.15, -0.1) is 6.42 Å². The summed E-state index contributed by atoms with van der Waals surface area (Å²) < 4.78 is 4.47. The Morgan fingerprint density at radius 2 is 2.27 bits per heavy atom. The average molecular weight is 213 g/mol. The summed E-state index contributed by atoms with van der Waals surface area (Å²) in [7, 11) is 0. The molecule has 0 aromatic carbocycles. The molecule has 0 spiro atoms. The summed E-state index contributed by atoms with van der Waals surface area (Å²) in [5.74, 6) is 2.09. The van der Waals surface area contributed by atoms with E-state index in [4.69, 9.17) is 12.2 Å². The fraction of sp³-hybridized carbons (Fsp3) is 0.556. The topological polar surface area (TPSA) is 93.4 Å². The molecule has 0 heterocycles. The smallest absolute Gasteiger partial charge is 0.404 e. The van der Waals surface area contributed by atoms with E-state index in [9.17, 15) is 9.59 Å². The molecule has 0 aromatic rings. The highest BCUT2D eigenvalue weighted by Crippen LogP contribution is 1.81. The van der Waals surface area contributed by atoms with E-state index >= 15 is 0 Å². The number of nitrogens with two attached hydrogens (primary N) is 1. The molecule has 0 saturated heterocycles. The van der Waals surface area contributed by atoms with E-state index in [1.54, 1.807) is 6.92 Å². The van der Waals surface area contributed by atoms with Crippen molar-refractivity contribution < 1.29 is 14.3 Å². The molecule has 0 aromatic heterocycles. The summed E-state index contributed by atoms with van der Waals surface area (Å²) in [5, 5.41) is 5.35. The molecule has 0 saturated carbocycles. The van der Waals surface area contributed by atoms with Crippen molar-refractivity contribution in [2.24, 2.45) is 5.73 Å². The summed E-state index contributed by atoms with van der Waals surface area (Å²) in [5.41, 5.74) is 4.74. The number of hydrogen-bond donors (Lipinski definition) is 3. The molecule has 1 atom stereocenters. The van der Waals surface area contributed by atoms with Crippen LogP contribution in [0, 0.1) is 12.3 Å². The van der Waals surface area contributed by atoms with E-state index in [0.29, 0.717) is 6.54 Å². The maximum absolute atomic E-state index is 11.2. The Morgan fingerprint density at radius 1 is 1.60 bits per heavy atom. The van der Waals surface area contributed by atoms with Crippen molar-refractivity contribution in [3.8, 4) is 12.3 Å². The molecule has 0 aliphatic heterocycles. The minimum atomic E-state index is -0.832. The van der Waals surface area contributed by atoms with Gasteiger partial charge < -0.3 is 21.1 Å². The third kappa shape index (κ3) is 7.34. The van der Waals surface area contributed by atoms with Crippen molar-refractivity contribution in [2.45, 2.75) is 13.0 Å². The summed E-state index contributed by atoms with van der Waals surface area (Å²) in [6.07, 6.45) is 4.14. The van der Waals surface area contributed by atoms with E-state index in [1.807, 2.05) is 0 Å². The predicted molar refractivity (Wildman–Crippen MR) is 54.8 cm³/mol. The van der Waals surface area contributed by atoms with Crippen LogP contribution in [0.15, 0.2) is 0 Å². The van der Waals surface area contributed by atoms with E-state index < -0.39 is 12.1 Å². The zero-order valence-electron chi connectivity index (χ0n) is 8.58. The Labute approximate surface area is 88.5 Å². The van der Waals surface area contributed by atoms with E-state index in [-0.39, 0.29) is 19.1 Å². The molecular formula is C9H15N3O3. The van der Waals surface area contributed by atoms with Gasteiger partial charge in [-0.2, -0.15) is 0 Å². The van der Waals surface area contributed by atoms with Gasteiger partial charge in [-0.3, -0.25) is 4.79 Å². The number of carbonyl (C=O) groups excluding carboxylic acids is 2. The van der Waals surface area contributed by atoms with Gasteiger partial charge >= 0.3 is 6.09 Å². The quantitative estimate of drug-likeness (QED) is 0.382. The number of hydrogen-bond acceptors (Lipinski definition) is 4. The van der Waals surface area contributed by atoms with Gasteiger partial charge in [0.1, 0.15) is 6.61 Å². The molecule has 4 N–H and O–H groups in total.